The third kappa shape index (κ3) is 7.81. The largest absolute Gasteiger partial charge is 0.367 e. The number of rotatable bonds is 10. The summed E-state index contributed by atoms with van der Waals surface area (Å²) < 4.78 is 33.8. The minimum atomic E-state index is -3.94. The van der Waals surface area contributed by atoms with E-state index >= 15 is 0 Å². The van der Waals surface area contributed by atoms with Crippen molar-refractivity contribution in [1.29, 1.82) is 0 Å². The number of hydrogen-bond donors (Lipinski definition) is 1. The molecule has 2 aliphatic heterocycles. The van der Waals surface area contributed by atoms with E-state index < -0.39 is 10.0 Å². The quantitative estimate of drug-likeness (QED) is 0.313. The van der Waals surface area contributed by atoms with E-state index in [4.69, 9.17) is 39.5 Å². The summed E-state index contributed by atoms with van der Waals surface area (Å²) in [5, 5.41) is 3.29. The zero-order valence-corrected chi connectivity index (χ0v) is 26.9. The Balaban J connectivity index is 1.07. The first-order valence-electron chi connectivity index (χ1n) is 15.0. The van der Waals surface area contributed by atoms with Crippen molar-refractivity contribution >= 4 is 50.7 Å². The number of nitrogens with one attached hydrogen (secondary N) is 1. The topological polar surface area (TPSA) is 78.9 Å². The molecule has 5 rings (SSSR count). The second-order valence-electron chi connectivity index (χ2n) is 11.8. The third-order valence-electron chi connectivity index (χ3n) is 8.95. The molecule has 2 atom stereocenters. The normalized spacial score (nSPS) is 24.9. The minimum absolute atomic E-state index is 0.0180. The Bertz CT molecular complexity index is 1290. The highest BCUT2D eigenvalue weighted by molar-refractivity contribution is 7.89. The van der Waals surface area contributed by atoms with Gasteiger partial charge in [-0.05, 0) is 94.0 Å². The molecule has 11 heteroatoms. The average Bonchev–Trinajstić information content (AvgIpc) is 3.50. The lowest BCUT2D eigenvalue weighted by atomic mass is 9.76. The van der Waals surface area contributed by atoms with Crippen molar-refractivity contribution < 1.29 is 17.9 Å². The van der Waals surface area contributed by atoms with Gasteiger partial charge < -0.3 is 10.1 Å². The molecule has 2 aromatic carbocycles. The molecular formula is C31H40Cl3N3O4S. The van der Waals surface area contributed by atoms with Crippen LogP contribution in [0.1, 0.15) is 63.0 Å². The molecule has 2 aromatic rings. The molecule has 3 aliphatic rings. The number of hydrogen-bond acceptors (Lipinski definition) is 5. The number of carbonyl (C=O) groups excluding carboxylic acids is 1. The molecule has 2 heterocycles. The van der Waals surface area contributed by atoms with Crippen molar-refractivity contribution in [3.63, 3.8) is 0 Å². The molecule has 1 amide bonds. The van der Waals surface area contributed by atoms with Crippen molar-refractivity contribution in [2.45, 2.75) is 68.4 Å². The molecule has 0 radical (unpaired) electrons. The maximum atomic E-state index is 13.3. The number of ether oxygens (including phenoxy) is 1. The Labute approximate surface area is 264 Å². The molecule has 1 saturated carbocycles. The molecule has 230 valence electrons. The van der Waals surface area contributed by atoms with Gasteiger partial charge in [-0.1, -0.05) is 65.1 Å². The summed E-state index contributed by atoms with van der Waals surface area (Å²) in [5.41, 5.74) is 1.43. The van der Waals surface area contributed by atoms with Crippen LogP contribution in [0.5, 0.6) is 0 Å². The van der Waals surface area contributed by atoms with E-state index in [0.717, 1.165) is 12.8 Å². The molecular weight excluding hydrogens is 617 g/mol. The monoisotopic (exact) mass is 655 g/mol. The van der Waals surface area contributed by atoms with Gasteiger partial charge >= 0.3 is 0 Å². The average molecular weight is 657 g/mol. The molecule has 1 N–H and O–H groups in total. The van der Waals surface area contributed by atoms with Crippen LogP contribution in [0.2, 0.25) is 15.1 Å². The zero-order valence-electron chi connectivity index (χ0n) is 23.8. The summed E-state index contributed by atoms with van der Waals surface area (Å²) in [4.78, 5) is 15.2. The smallest absolute Gasteiger partial charge is 0.246 e. The number of carbonyl (C=O) groups is 1. The van der Waals surface area contributed by atoms with E-state index in [1.807, 2.05) is 0 Å². The Morgan fingerprint density at radius 2 is 1.60 bits per heavy atom. The minimum Gasteiger partial charge on any atom is -0.367 e. The lowest BCUT2D eigenvalue weighted by molar-refractivity contribution is -0.128. The van der Waals surface area contributed by atoms with E-state index in [-0.39, 0.29) is 45.1 Å². The first-order chi connectivity index (χ1) is 20.2. The Hall–Kier alpha value is -1.39. The van der Waals surface area contributed by atoms with Crippen LogP contribution < -0.4 is 5.32 Å². The summed E-state index contributed by atoms with van der Waals surface area (Å²) in [7, 11) is -3.94. The number of piperidine rings is 1. The van der Waals surface area contributed by atoms with Gasteiger partial charge in [0.25, 0.3) is 0 Å². The highest BCUT2D eigenvalue weighted by atomic mass is 35.5. The van der Waals surface area contributed by atoms with E-state index in [1.165, 1.54) is 60.8 Å². The number of benzene rings is 2. The second kappa shape index (κ2) is 14.6. The molecule has 0 spiro atoms. The first kappa shape index (κ1) is 32.0. The molecule has 1 aliphatic carbocycles. The summed E-state index contributed by atoms with van der Waals surface area (Å²) >= 11 is 18.3. The zero-order chi connectivity index (χ0) is 29.7. The van der Waals surface area contributed by atoms with Crippen LogP contribution in [0, 0.1) is 11.8 Å². The fourth-order valence-corrected chi connectivity index (χ4v) is 9.83. The van der Waals surface area contributed by atoms with Crippen molar-refractivity contribution in [2.75, 3.05) is 39.3 Å². The van der Waals surface area contributed by atoms with Crippen LogP contribution in [0.3, 0.4) is 0 Å². The summed E-state index contributed by atoms with van der Waals surface area (Å²) in [5.74, 6) is 0.938. The van der Waals surface area contributed by atoms with Crippen LogP contribution in [-0.4, -0.2) is 69.0 Å². The van der Waals surface area contributed by atoms with Gasteiger partial charge in [-0.3, -0.25) is 9.69 Å². The molecule has 0 aromatic heterocycles. The lowest BCUT2D eigenvalue weighted by Crippen LogP contribution is -2.44. The van der Waals surface area contributed by atoms with Crippen LogP contribution >= 0.6 is 34.8 Å². The fraction of sp³-hybridized carbons (Fsp3) is 0.581. The Morgan fingerprint density at radius 3 is 2.26 bits per heavy atom. The summed E-state index contributed by atoms with van der Waals surface area (Å²) in [6.07, 6.45) is 8.01. The predicted octanol–water partition coefficient (Wildman–Crippen LogP) is 6.58. The van der Waals surface area contributed by atoms with Crippen LogP contribution in [0.15, 0.2) is 47.4 Å². The SMILES string of the molecule is O=C(COC1CCCN(S(=O)(=O)c2c(Cl)cc(Cl)cc2Cl)C1)NCC1CCC(C(c2ccccc2)N2CCCC2)CC1. The summed E-state index contributed by atoms with van der Waals surface area (Å²) in [6.45, 7) is 3.38. The molecule has 0 bridgehead atoms. The van der Waals surface area contributed by atoms with Gasteiger partial charge in [0.1, 0.15) is 11.5 Å². The number of halogens is 3. The lowest BCUT2D eigenvalue weighted by Gasteiger charge is -2.39. The van der Waals surface area contributed by atoms with E-state index in [1.54, 1.807) is 0 Å². The molecule has 42 heavy (non-hydrogen) atoms. The highest BCUT2D eigenvalue weighted by Gasteiger charge is 2.35. The van der Waals surface area contributed by atoms with Crippen molar-refractivity contribution in [1.82, 2.24) is 14.5 Å². The second-order valence-corrected chi connectivity index (χ2v) is 14.9. The Morgan fingerprint density at radius 1 is 0.929 bits per heavy atom. The molecule has 2 unspecified atom stereocenters. The third-order valence-corrected chi connectivity index (χ3v) is 12.0. The summed E-state index contributed by atoms with van der Waals surface area (Å²) in [6, 6.07) is 14.2. The molecule has 2 saturated heterocycles. The maximum Gasteiger partial charge on any atom is 0.246 e. The van der Waals surface area contributed by atoms with Crippen molar-refractivity contribution in [3.8, 4) is 0 Å². The van der Waals surface area contributed by atoms with E-state index in [2.05, 4.69) is 40.5 Å². The molecule has 7 nitrogen and oxygen atoms in total. The number of nitrogens with zero attached hydrogens (tertiary/aromatic N) is 2. The van der Waals surface area contributed by atoms with Gasteiger partial charge in [-0.25, -0.2) is 8.42 Å². The van der Waals surface area contributed by atoms with Crippen molar-refractivity contribution in [3.05, 3.63) is 63.1 Å². The predicted molar refractivity (Wildman–Crippen MR) is 168 cm³/mol. The van der Waals surface area contributed by atoms with Crippen LogP contribution in [0.25, 0.3) is 0 Å². The number of likely N-dealkylation sites (tertiary alicyclic amines) is 1. The highest BCUT2D eigenvalue weighted by Crippen LogP contribution is 2.41. The van der Waals surface area contributed by atoms with E-state index in [0.29, 0.717) is 43.8 Å². The van der Waals surface area contributed by atoms with Gasteiger partial charge in [0.05, 0.1) is 16.1 Å². The van der Waals surface area contributed by atoms with E-state index in [9.17, 15) is 13.2 Å². The maximum absolute atomic E-state index is 13.3. The van der Waals surface area contributed by atoms with Gasteiger partial charge in [0, 0.05) is 30.7 Å². The first-order valence-corrected chi connectivity index (χ1v) is 17.6. The number of amides is 1. The van der Waals surface area contributed by atoms with Gasteiger partial charge in [-0.2, -0.15) is 4.31 Å². The molecule has 3 fully saturated rings. The van der Waals surface area contributed by atoms with Crippen LogP contribution in [-0.2, 0) is 19.6 Å². The number of sulfonamides is 1. The van der Waals surface area contributed by atoms with Gasteiger partial charge in [0.15, 0.2) is 0 Å². The van der Waals surface area contributed by atoms with Crippen molar-refractivity contribution in [2.24, 2.45) is 11.8 Å². The standard InChI is InChI=1S/C31H40Cl3N3O4S/c32-25-17-27(33)31(28(34)18-25)42(39,40)37-16-6-9-26(20-37)41-21-29(38)35-19-22-10-12-24(13-11-22)30(36-14-4-5-15-36)23-7-2-1-3-8-23/h1-3,7-8,17-18,22,24,26,30H,4-6,9-16,19-21H2,(H,35,38). The fourth-order valence-electron chi connectivity index (χ4n) is 6.83. The Kier molecular flexibility index (Phi) is 11.1. The van der Waals surface area contributed by atoms with Gasteiger partial charge in [-0.15, -0.1) is 0 Å². The van der Waals surface area contributed by atoms with Crippen LogP contribution in [0.4, 0.5) is 0 Å². The van der Waals surface area contributed by atoms with Gasteiger partial charge in [0.2, 0.25) is 15.9 Å².